The lowest BCUT2D eigenvalue weighted by molar-refractivity contribution is -0.129. The molecule has 7 nitrogen and oxygen atoms in total. The number of anilines is 1. The topological polar surface area (TPSA) is 96.7 Å². The van der Waals surface area contributed by atoms with Crippen molar-refractivity contribution in [2.75, 3.05) is 11.7 Å². The van der Waals surface area contributed by atoms with Gasteiger partial charge in [-0.1, -0.05) is 5.16 Å². The summed E-state index contributed by atoms with van der Waals surface area (Å²) in [5, 5.41) is 15.4. The molecule has 1 heterocycles. The molecule has 1 atom stereocenters. The Morgan fingerprint density at radius 2 is 2.53 bits per heavy atom. The van der Waals surface area contributed by atoms with Crippen molar-refractivity contribution in [3.05, 3.63) is 5.82 Å². The van der Waals surface area contributed by atoms with Crippen molar-refractivity contribution in [1.29, 1.82) is 0 Å². The third-order valence-corrected chi connectivity index (χ3v) is 2.38. The summed E-state index contributed by atoms with van der Waals surface area (Å²) in [7, 11) is 2.24. The van der Waals surface area contributed by atoms with E-state index in [4.69, 9.17) is 5.11 Å². The predicted molar refractivity (Wildman–Crippen MR) is 59.0 cm³/mol. The van der Waals surface area contributed by atoms with Gasteiger partial charge < -0.3 is 15.0 Å². The number of carboxylic acid groups (broad SMARTS) is 1. The Bertz CT molecular complexity index is 380. The maximum absolute atomic E-state index is 10.8. The van der Waals surface area contributed by atoms with E-state index in [9.17, 15) is 4.79 Å². The zero-order valence-electron chi connectivity index (χ0n) is 7.80. The number of nitrogens with one attached hydrogen (secondary N) is 1. The van der Waals surface area contributed by atoms with Gasteiger partial charge in [-0.15, -0.1) is 0 Å². The molecule has 0 saturated heterocycles. The van der Waals surface area contributed by atoms with Gasteiger partial charge in [0.2, 0.25) is 16.7 Å². The minimum absolute atomic E-state index is 0.0332. The van der Waals surface area contributed by atoms with Crippen LogP contribution in [0.3, 0.4) is 0 Å². The molecule has 1 rings (SSSR count). The molecule has 2 N–H and O–H groups in total. The van der Waals surface area contributed by atoms with Crippen molar-refractivity contribution in [1.82, 2.24) is 9.36 Å². The van der Waals surface area contributed by atoms with Crippen molar-refractivity contribution in [2.45, 2.75) is 6.92 Å². The minimum Gasteiger partial charge on any atom is -0.476 e. The van der Waals surface area contributed by atoms with Gasteiger partial charge in [-0.05, 0) is 16.3 Å². The lowest BCUT2D eigenvalue weighted by atomic mass is 10.4. The molecule has 0 bridgehead atoms. The highest BCUT2D eigenvalue weighted by atomic mass is 32.1. The third kappa shape index (κ3) is 3.10. The number of nitrogens with zero attached hydrogens (tertiary/aromatic N) is 3. The fourth-order valence-corrected chi connectivity index (χ4v) is 1.39. The maximum atomic E-state index is 10.8. The van der Waals surface area contributed by atoms with E-state index in [0.29, 0.717) is 5.13 Å². The molecule has 0 aliphatic rings. The standard InChI is InChI=1S/C6H9N4O3PS/c1-2-13-8-3(5(11)12)4-7-6(9-14)15-10-4/h2,14H2,1H3,(H,11,12)(H,7,9,10)/b8-3-. The molecule has 0 amide bonds. The molecule has 9 heteroatoms. The number of carboxylic acids is 1. The van der Waals surface area contributed by atoms with Gasteiger partial charge in [0.25, 0.3) is 0 Å². The highest BCUT2D eigenvalue weighted by Crippen LogP contribution is 2.13. The highest BCUT2D eigenvalue weighted by molar-refractivity contribution is 7.22. The van der Waals surface area contributed by atoms with Crippen LogP contribution in [0, 0.1) is 0 Å². The van der Waals surface area contributed by atoms with E-state index in [2.05, 4.69) is 33.8 Å². The van der Waals surface area contributed by atoms with E-state index in [1.54, 1.807) is 6.92 Å². The molecular weight excluding hydrogens is 239 g/mol. The van der Waals surface area contributed by atoms with E-state index in [1.807, 2.05) is 0 Å². The third-order valence-electron chi connectivity index (χ3n) is 1.25. The lowest BCUT2D eigenvalue weighted by Gasteiger charge is -1.95. The number of aliphatic carboxylic acids is 1. The molecular formula is C6H9N4O3PS. The molecule has 0 fully saturated rings. The number of hydrogen-bond acceptors (Lipinski definition) is 7. The molecule has 82 valence electrons. The monoisotopic (exact) mass is 248 g/mol. The van der Waals surface area contributed by atoms with Gasteiger partial charge in [-0.2, -0.15) is 9.36 Å². The summed E-state index contributed by atoms with van der Waals surface area (Å²) in [6.07, 6.45) is 0. The van der Waals surface area contributed by atoms with Crippen LogP contribution in [-0.2, 0) is 9.63 Å². The normalized spacial score (nSPS) is 11.2. The number of aromatic nitrogens is 2. The first-order valence-electron chi connectivity index (χ1n) is 3.93. The van der Waals surface area contributed by atoms with Crippen LogP contribution >= 0.6 is 20.9 Å². The Labute approximate surface area is 92.0 Å². The Balaban J connectivity index is 2.94. The van der Waals surface area contributed by atoms with E-state index >= 15 is 0 Å². The summed E-state index contributed by atoms with van der Waals surface area (Å²) in [5.74, 6) is -1.19. The van der Waals surface area contributed by atoms with Crippen LogP contribution in [0.4, 0.5) is 5.13 Å². The van der Waals surface area contributed by atoms with Crippen molar-refractivity contribution in [3.8, 4) is 0 Å². The van der Waals surface area contributed by atoms with Crippen LogP contribution in [-0.4, -0.2) is 32.8 Å². The average molecular weight is 248 g/mol. The Kier molecular flexibility index (Phi) is 4.38. The summed E-state index contributed by atoms with van der Waals surface area (Å²) < 4.78 is 3.82. The van der Waals surface area contributed by atoms with Gasteiger partial charge in [0.15, 0.2) is 0 Å². The van der Waals surface area contributed by atoms with Gasteiger partial charge in [0, 0.05) is 11.5 Å². The second-order valence-electron chi connectivity index (χ2n) is 2.23. The van der Waals surface area contributed by atoms with Gasteiger partial charge in [0.1, 0.15) is 6.61 Å². The summed E-state index contributed by atoms with van der Waals surface area (Å²) >= 11 is 1.04. The van der Waals surface area contributed by atoms with Crippen LogP contribution in [0.25, 0.3) is 0 Å². The molecule has 0 spiro atoms. The molecule has 1 unspecified atom stereocenters. The molecule has 1 aromatic rings. The van der Waals surface area contributed by atoms with Crippen LogP contribution < -0.4 is 5.09 Å². The molecule has 1 aromatic heterocycles. The smallest absolute Gasteiger partial charge is 0.362 e. The largest absolute Gasteiger partial charge is 0.476 e. The Morgan fingerprint density at radius 1 is 1.80 bits per heavy atom. The molecule has 0 aliphatic heterocycles. The quantitative estimate of drug-likeness (QED) is 0.449. The summed E-state index contributed by atoms with van der Waals surface area (Å²) in [6, 6.07) is 0. The van der Waals surface area contributed by atoms with E-state index < -0.39 is 5.97 Å². The van der Waals surface area contributed by atoms with Crippen molar-refractivity contribution in [3.63, 3.8) is 0 Å². The highest BCUT2D eigenvalue weighted by Gasteiger charge is 2.19. The number of carbonyl (C=O) groups is 1. The van der Waals surface area contributed by atoms with Gasteiger partial charge in [-0.25, -0.2) is 4.79 Å². The SMILES string of the molecule is CCO/N=C(\C(=O)O)c1nsc(NP)n1. The zero-order valence-corrected chi connectivity index (χ0v) is 9.77. The van der Waals surface area contributed by atoms with Gasteiger partial charge >= 0.3 is 5.97 Å². The Hall–Kier alpha value is -1.27. The van der Waals surface area contributed by atoms with Crippen molar-refractivity contribution >= 4 is 37.7 Å². The van der Waals surface area contributed by atoms with Crippen molar-refractivity contribution in [2.24, 2.45) is 5.16 Å². The first kappa shape index (κ1) is 11.8. The molecule has 0 aromatic carbocycles. The van der Waals surface area contributed by atoms with E-state index in [0.717, 1.165) is 11.5 Å². The number of hydrogen-bond donors (Lipinski definition) is 2. The molecule has 0 radical (unpaired) electrons. The van der Waals surface area contributed by atoms with Crippen molar-refractivity contribution < 1.29 is 14.7 Å². The Morgan fingerprint density at radius 3 is 3.00 bits per heavy atom. The van der Waals surface area contributed by atoms with E-state index in [1.165, 1.54) is 0 Å². The van der Waals surface area contributed by atoms with Gasteiger partial charge in [0.05, 0.1) is 0 Å². The minimum atomic E-state index is -1.23. The fraction of sp³-hybridized carbons (Fsp3) is 0.333. The van der Waals surface area contributed by atoms with Crippen LogP contribution in [0.5, 0.6) is 0 Å². The fourth-order valence-electron chi connectivity index (χ4n) is 0.683. The summed E-state index contributed by atoms with van der Waals surface area (Å²) in [4.78, 5) is 19.3. The first-order chi connectivity index (χ1) is 7.19. The second-order valence-corrected chi connectivity index (χ2v) is 3.27. The molecule has 15 heavy (non-hydrogen) atoms. The second kappa shape index (κ2) is 5.57. The zero-order chi connectivity index (χ0) is 11.3. The maximum Gasteiger partial charge on any atom is 0.362 e. The summed E-state index contributed by atoms with van der Waals surface area (Å²) in [5.41, 5.74) is -0.306. The average Bonchev–Trinajstić information content (AvgIpc) is 2.66. The summed E-state index contributed by atoms with van der Waals surface area (Å²) in [6.45, 7) is 1.99. The van der Waals surface area contributed by atoms with Crippen LogP contribution in [0.1, 0.15) is 12.7 Å². The number of oxime groups is 1. The van der Waals surface area contributed by atoms with Gasteiger partial charge in [-0.3, -0.25) is 0 Å². The van der Waals surface area contributed by atoms with E-state index in [-0.39, 0.29) is 18.1 Å². The van der Waals surface area contributed by atoms with Crippen LogP contribution in [0.2, 0.25) is 0 Å². The lowest BCUT2D eigenvalue weighted by Crippen LogP contribution is -2.16. The molecule has 0 saturated carbocycles. The van der Waals surface area contributed by atoms with Crippen LogP contribution in [0.15, 0.2) is 5.16 Å². The number of rotatable bonds is 5. The predicted octanol–water partition coefficient (Wildman–Crippen LogP) is 0.565. The molecule has 0 aliphatic carbocycles. The first-order valence-corrected chi connectivity index (χ1v) is 5.28.